The first-order chi connectivity index (χ1) is 12.3. The molecule has 0 spiro atoms. The van der Waals surface area contributed by atoms with E-state index in [4.69, 9.17) is 13.7 Å². The molecule has 140 valence electrons. The third-order valence-corrected chi connectivity index (χ3v) is 4.68. The summed E-state index contributed by atoms with van der Waals surface area (Å²) in [5.74, 6) is -1.41. The quantitative estimate of drug-likeness (QED) is 0.535. The third kappa shape index (κ3) is 4.42. The van der Waals surface area contributed by atoms with Gasteiger partial charge in [0.1, 0.15) is 16.5 Å². The van der Waals surface area contributed by atoms with Gasteiger partial charge in [-0.2, -0.15) is 8.42 Å². The SMILES string of the molecule is COC(=O)Cc1ccc(OS(=O)(=O)c2cc(OC)c(OC)cc2F)cc1. The fourth-order valence-electron chi connectivity index (χ4n) is 2.10. The molecule has 2 rings (SSSR count). The summed E-state index contributed by atoms with van der Waals surface area (Å²) in [4.78, 5) is 10.5. The fourth-order valence-corrected chi connectivity index (χ4v) is 3.10. The van der Waals surface area contributed by atoms with Crippen molar-refractivity contribution < 1.29 is 36.0 Å². The second kappa shape index (κ2) is 8.05. The molecule has 0 aliphatic heterocycles. The first kappa shape index (κ1) is 19.5. The van der Waals surface area contributed by atoms with E-state index in [1.165, 1.54) is 45.6 Å². The van der Waals surface area contributed by atoms with E-state index >= 15 is 0 Å². The summed E-state index contributed by atoms with van der Waals surface area (Å²) >= 11 is 0. The van der Waals surface area contributed by atoms with Crippen LogP contribution >= 0.6 is 0 Å². The predicted molar refractivity (Wildman–Crippen MR) is 89.5 cm³/mol. The number of methoxy groups -OCH3 is 3. The highest BCUT2D eigenvalue weighted by Crippen LogP contribution is 2.33. The Morgan fingerprint density at radius 3 is 2.12 bits per heavy atom. The summed E-state index contributed by atoms with van der Waals surface area (Å²) < 4.78 is 58.3. The van der Waals surface area contributed by atoms with Gasteiger partial charge in [0.2, 0.25) is 0 Å². The molecule has 0 aliphatic rings. The van der Waals surface area contributed by atoms with E-state index in [2.05, 4.69) is 4.74 Å². The molecule has 0 saturated heterocycles. The highest BCUT2D eigenvalue weighted by atomic mass is 32.2. The number of benzene rings is 2. The van der Waals surface area contributed by atoms with Crippen molar-refractivity contribution in [2.75, 3.05) is 21.3 Å². The molecule has 0 fully saturated rings. The van der Waals surface area contributed by atoms with Gasteiger partial charge in [-0.15, -0.1) is 0 Å². The number of ether oxygens (including phenoxy) is 3. The van der Waals surface area contributed by atoms with Gasteiger partial charge in [0.15, 0.2) is 11.5 Å². The van der Waals surface area contributed by atoms with Gasteiger partial charge in [0.25, 0.3) is 0 Å². The van der Waals surface area contributed by atoms with Crippen LogP contribution in [-0.4, -0.2) is 35.7 Å². The number of hydrogen-bond donors (Lipinski definition) is 0. The van der Waals surface area contributed by atoms with Crippen LogP contribution in [0.5, 0.6) is 17.2 Å². The molecule has 0 aromatic heterocycles. The number of carbonyl (C=O) groups excluding carboxylic acids is 1. The van der Waals surface area contributed by atoms with Crippen molar-refractivity contribution in [3.05, 3.63) is 47.8 Å². The van der Waals surface area contributed by atoms with Gasteiger partial charge in [-0.3, -0.25) is 4.79 Å². The molecule has 0 atom stereocenters. The summed E-state index contributed by atoms with van der Waals surface area (Å²) in [6, 6.07) is 7.60. The maximum absolute atomic E-state index is 14.2. The molecule has 0 radical (unpaired) electrons. The summed E-state index contributed by atoms with van der Waals surface area (Å²) in [5.41, 5.74) is 0.610. The molecule has 26 heavy (non-hydrogen) atoms. The van der Waals surface area contributed by atoms with Crippen LogP contribution in [0.1, 0.15) is 5.56 Å². The first-order valence-corrected chi connectivity index (χ1v) is 8.73. The zero-order valence-electron chi connectivity index (χ0n) is 14.3. The second-order valence-corrected chi connectivity index (χ2v) is 6.59. The number of rotatable bonds is 7. The smallest absolute Gasteiger partial charge is 0.342 e. The fraction of sp³-hybridized carbons (Fsp3) is 0.235. The van der Waals surface area contributed by atoms with Crippen LogP contribution in [0.25, 0.3) is 0 Å². The number of esters is 1. The normalized spacial score (nSPS) is 10.9. The first-order valence-electron chi connectivity index (χ1n) is 7.32. The van der Waals surface area contributed by atoms with Crippen molar-refractivity contribution >= 4 is 16.1 Å². The number of hydrogen-bond acceptors (Lipinski definition) is 7. The van der Waals surface area contributed by atoms with Crippen LogP contribution < -0.4 is 13.7 Å². The molecule has 0 aliphatic carbocycles. The minimum Gasteiger partial charge on any atom is -0.493 e. The van der Waals surface area contributed by atoms with E-state index in [0.29, 0.717) is 5.56 Å². The van der Waals surface area contributed by atoms with Gasteiger partial charge in [-0.05, 0) is 17.7 Å². The highest BCUT2D eigenvalue weighted by molar-refractivity contribution is 7.87. The maximum Gasteiger partial charge on any atom is 0.342 e. The molecule has 7 nitrogen and oxygen atoms in total. The van der Waals surface area contributed by atoms with Crippen LogP contribution in [0.4, 0.5) is 4.39 Å². The van der Waals surface area contributed by atoms with Crippen molar-refractivity contribution in [2.45, 2.75) is 11.3 Å². The third-order valence-electron chi connectivity index (χ3n) is 3.41. The topological polar surface area (TPSA) is 88.1 Å². The maximum atomic E-state index is 14.2. The van der Waals surface area contributed by atoms with Crippen molar-refractivity contribution in [1.82, 2.24) is 0 Å². The van der Waals surface area contributed by atoms with Gasteiger partial charge in [0.05, 0.1) is 27.8 Å². The Morgan fingerprint density at radius 1 is 1.00 bits per heavy atom. The van der Waals surface area contributed by atoms with Crippen molar-refractivity contribution in [3.63, 3.8) is 0 Å². The van der Waals surface area contributed by atoms with Crippen molar-refractivity contribution in [1.29, 1.82) is 0 Å². The van der Waals surface area contributed by atoms with Crippen LogP contribution in [0.3, 0.4) is 0 Å². The Morgan fingerprint density at radius 2 is 1.58 bits per heavy atom. The van der Waals surface area contributed by atoms with Crippen LogP contribution in [0, 0.1) is 5.82 Å². The lowest BCUT2D eigenvalue weighted by molar-refractivity contribution is -0.139. The molecule has 0 unspecified atom stereocenters. The van der Waals surface area contributed by atoms with Gasteiger partial charge in [-0.1, -0.05) is 12.1 Å². The molecule has 2 aromatic rings. The predicted octanol–water partition coefficient (Wildman–Crippen LogP) is 2.33. The van der Waals surface area contributed by atoms with E-state index in [-0.39, 0.29) is 23.7 Å². The van der Waals surface area contributed by atoms with Gasteiger partial charge in [-0.25, -0.2) is 4.39 Å². The van der Waals surface area contributed by atoms with Crippen molar-refractivity contribution in [3.8, 4) is 17.2 Å². The summed E-state index contributed by atoms with van der Waals surface area (Å²) in [6.07, 6.45) is 0.0356. The van der Waals surface area contributed by atoms with Crippen LogP contribution in [0.2, 0.25) is 0 Å². The summed E-state index contributed by atoms with van der Waals surface area (Å²) in [6.45, 7) is 0. The molecule has 2 aromatic carbocycles. The lowest BCUT2D eigenvalue weighted by Gasteiger charge is -2.12. The number of halogens is 1. The Kier molecular flexibility index (Phi) is 6.04. The van der Waals surface area contributed by atoms with E-state index in [0.717, 1.165) is 12.1 Å². The van der Waals surface area contributed by atoms with E-state index in [1.54, 1.807) is 0 Å². The lowest BCUT2D eigenvalue weighted by Crippen LogP contribution is -2.12. The zero-order chi connectivity index (χ0) is 19.3. The Labute approximate surface area is 150 Å². The molecule has 0 saturated carbocycles. The standard InChI is InChI=1S/C17H17FO7S/c1-22-14-9-13(18)16(10-15(14)23-2)26(20,21)25-12-6-4-11(5-7-12)8-17(19)24-3/h4-7,9-10H,8H2,1-3H3. The molecule has 0 N–H and O–H groups in total. The van der Waals surface area contributed by atoms with E-state index in [1.807, 2.05) is 0 Å². The van der Waals surface area contributed by atoms with Crippen LogP contribution in [-0.2, 0) is 26.1 Å². The molecule has 9 heteroatoms. The van der Waals surface area contributed by atoms with Gasteiger partial charge >= 0.3 is 16.1 Å². The van der Waals surface area contributed by atoms with Crippen molar-refractivity contribution in [2.24, 2.45) is 0 Å². The molecular formula is C17H17FO7S. The summed E-state index contributed by atoms with van der Waals surface area (Å²) in [7, 11) is -0.574. The molecule has 0 amide bonds. The Balaban J connectivity index is 2.27. The van der Waals surface area contributed by atoms with Gasteiger partial charge < -0.3 is 18.4 Å². The molecule has 0 bridgehead atoms. The largest absolute Gasteiger partial charge is 0.493 e. The molecule has 0 heterocycles. The Hall–Kier alpha value is -2.81. The minimum absolute atomic E-state index is 0.0344. The Bertz CT molecular complexity index is 892. The van der Waals surface area contributed by atoms with Crippen LogP contribution in [0.15, 0.2) is 41.3 Å². The monoisotopic (exact) mass is 384 g/mol. The average Bonchev–Trinajstić information content (AvgIpc) is 2.62. The summed E-state index contributed by atoms with van der Waals surface area (Å²) in [5, 5.41) is 0. The minimum atomic E-state index is -4.44. The average molecular weight is 384 g/mol. The number of carbonyl (C=O) groups is 1. The lowest BCUT2D eigenvalue weighted by atomic mass is 10.1. The molecular weight excluding hydrogens is 367 g/mol. The van der Waals surface area contributed by atoms with Gasteiger partial charge in [0, 0.05) is 12.1 Å². The van der Waals surface area contributed by atoms with E-state index in [9.17, 15) is 17.6 Å². The highest BCUT2D eigenvalue weighted by Gasteiger charge is 2.24. The second-order valence-electron chi connectivity index (χ2n) is 5.07. The zero-order valence-corrected chi connectivity index (χ0v) is 15.1. The van der Waals surface area contributed by atoms with E-state index < -0.39 is 26.8 Å².